The molecule has 2 heteroatoms. The number of aromatic nitrogens is 1. The molecule has 1 aliphatic rings. The Morgan fingerprint density at radius 3 is 2.22 bits per heavy atom. The maximum atomic E-state index is 2.29. The summed E-state index contributed by atoms with van der Waals surface area (Å²) in [6.07, 6.45) is 11.0. The van der Waals surface area contributed by atoms with Gasteiger partial charge in [0, 0.05) is 42.2 Å². The van der Waals surface area contributed by atoms with Crippen LogP contribution in [0.15, 0.2) is 97.5 Å². The molecule has 0 aliphatic carbocycles. The topological polar surface area (TPSA) is 7.12 Å². The molecule has 27 heavy (non-hydrogen) atoms. The smallest absolute Gasteiger partial charge is 0.214 e. The van der Waals surface area contributed by atoms with Gasteiger partial charge in [-0.25, -0.2) is 0 Å². The van der Waals surface area contributed by atoms with Crippen LogP contribution in [0.2, 0.25) is 0 Å². The van der Waals surface area contributed by atoms with Gasteiger partial charge in [-0.05, 0) is 35.3 Å². The minimum absolute atomic E-state index is 0.501. The van der Waals surface area contributed by atoms with E-state index in [4.69, 9.17) is 0 Å². The van der Waals surface area contributed by atoms with E-state index in [1.165, 1.54) is 28.1 Å². The highest BCUT2D eigenvalue weighted by Gasteiger charge is 2.15. The van der Waals surface area contributed by atoms with Crippen LogP contribution in [0.3, 0.4) is 0 Å². The molecule has 0 saturated carbocycles. The van der Waals surface area contributed by atoms with Crippen LogP contribution in [0.1, 0.15) is 30.9 Å². The molecule has 1 aliphatic heterocycles. The SMILES string of the molecule is CC(C)c1ccccc1-[n+]1ccc(C2=CCN(c3ccccc3)C=C2)cc1. The van der Waals surface area contributed by atoms with Gasteiger partial charge in [0.25, 0.3) is 0 Å². The quantitative estimate of drug-likeness (QED) is 0.562. The van der Waals surface area contributed by atoms with E-state index in [-0.39, 0.29) is 0 Å². The fourth-order valence-corrected chi connectivity index (χ4v) is 3.51. The van der Waals surface area contributed by atoms with Crippen LogP contribution in [-0.4, -0.2) is 6.54 Å². The van der Waals surface area contributed by atoms with Crippen LogP contribution in [0.4, 0.5) is 5.69 Å². The average Bonchev–Trinajstić information content (AvgIpc) is 2.75. The third-order valence-electron chi connectivity index (χ3n) is 5.03. The highest BCUT2D eigenvalue weighted by molar-refractivity contribution is 5.76. The first-order valence-electron chi connectivity index (χ1n) is 9.53. The second-order valence-electron chi connectivity index (χ2n) is 7.17. The van der Waals surface area contributed by atoms with E-state index in [2.05, 4.69) is 121 Å². The lowest BCUT2D eigenvalue weighted by atomic mass is 10.0. The lowest BCUT2D eigenvalue weighted by Gasteiger charge is -2.22. The highest BCUT2D eigenvalue weighted by Crippen LogP contribution is 2.23. The van der Waals surface area contributed by atoms with Crippen molar-refractivity contribution < 1.29 is 4.57 Å². The maximum Gasteiger partial charge on any atom is 0.214 e. The van der Waals surface area contributed by atoms with Gasteiger partial charge < -0.3 is 4.90 Å². The minimum Gasteiger partial charge on any atom is -0.344 e. The third kappa shape index (κ3) is 3.70. The fourth-order valence-electron chi connectivity index (χ4n) is 3.51. The molecule has 2 nitrogen and oxygen atoms in total. The van der Waals surface area contributed by atoms with E-state index in [9.17, 15) is 0 Å². The number of nitrogens with zero attached hydrogens (tertiary/aromatic N) is 2. The van der Waals surface area contributed by atoms with E-state index >= 15 is 0 Å². The summed E-state index contributed by atoms with van der Waals surface area (Å²) in [7, 11) is 0. The standard InChI is InChI=1S/C25H25N2/c1-20(2)24-10-6-7-11-25(24)27-18-14-22(15-19-27)21-12-16-26(17-13-21)23-8-4-3-5-9-23/h3-16,18-20H,17H2,1-2H3/q+1. The van der Waals surface area contributed by atoms with Crippen LogP contribution in [0, 0.1) is 0 Å². The van der Waals surface area contributed by atoms with E-state index < -0.39 is 0 Å². The summed E-state index contributed by atoms with van der Waals surface area (Å²) < 4.78 is 2.21. The predicted octanol–water partition coefficient (Wildman–Crippen LogP) is 5.50. The maximum absolute atomic E-state index is 2.29. The highest BCUT2D eigenvalue weighted by atomic mass is 15.1. The largest absolute Gasteiger partial charge is 0.344 e. The van der Waals surface area contributed by atoms with E-state index in [0.717, 1.165) is 6.54 Å². The molecule has 0 spiro atoms. The summed E-state index contributed by atoms with van der Waals surface area (Å²) in [5.74, 6) is 0.501. The number of pyridine rings is 1. The van der Waals surface area contributed by atoms with Gasteiger partial charge in [0.1, 0.15) is 0 Å². The molecule has 0 unspecified atom stereocenters. The van der Waals surface area contributed by atoms with E-state index in [0.29, 0.717) is 5.92 Å². The van der Waals surface area contributed by atoms with Gasteiger partial charge >= 0.3 is 0 Å². The number of hydrogen-bond acceptors (Lipinski definition) is 1. The number of anilines is 1. The van der Waals surface area contributed by atoms with Gasteiger partial charge in [0.05, 0.1) is 0 Å². The molecule has 2 aromatic carbocycles. The van der Waals surface area contributed by atoms with Crippen molar-refractivity contribution in [1.29, 1.82) is 0 Å². The molecule has 0 N–H and O–H groups in total. The molecule has 0 bridgehead atoms. The molecule has 0 amide bonds. The van der Waals surface area contributed by atoms with Gasteiger partial charge in [0.15, 0.2) is 12.4 Å². The Kier molecular flexibility index (Phi) is 4.88. The van der Waals surface area contributed by atoms with Crippen molar-refractivity contribution in [2.75, 3.05) is 11.4 Å². The fraction of sp³-hybridized carbons (Fsp3) is 0.160. The Hall–Kier alpha value is -3.13. The molecule has 0 fully saturated rings. The zero-order valence-electron chi connectivity index (χ0n) is 15.9. The van der Waals surface area contributed by atoms with Crippen LogP contribution >= 0.6 is 0 Å². The zero-order valence-corrected chi connectivity index (χ0v) is 15.9. The summed E-state index contributed by atoms with van der Waals surface area (Å²) in [4.78, 5) is 2.26. The van der Waals surface area contributed by atoms with Crippen LogP contribution in [-0.2, 0) is 0 Å². The lowest BCUT2D eigenvalue weighted by molar-refractivity contribution is -0.596. The Bertz CT molecular complexity index is 967. The molecule has 0 radical (unpaired) electrons. The Morgan fingerprint density at radius 2 is 1.56 bits per heavy atom. The molecule has 0 atom stereocenters. The molecule has 4 rings (SSSR count). The van der Waals surface area contributed by atoms with Crippen LogP contribution in [0.25, 0.3) is 11.3 Å². The van der Waals surface area contributed by atoms with Crippen LogP contribution in [0.5, 0.6) is 0 Å². The summed E-state index contributed by atoms with van der Waals surface area (Å²) in [6, 6.07) is 23.5. The second-order valence-corrected chi connectivity index (χ2v) is 7.17. The third-order valence-corrected chi connectivity index (χ3v) is 5.03. The van der Waals surface area contributed by atoms with Crippen molar-refractivity contribution in [3.8, 4) is 5.69 Å². The van der Waals surface area contributed by atoms with Gasteiger partial charge in [-0.1, -0.05) is 56.3 Å². The number of benzene rings is 2. The molecular weight excluding hydrogens is 328 g/mol. The molecular formula is C25H25N2+. The van der Waals surface area contributed by atoms with Crippen molar-refractivity contribution in [2.45, 2.75) is 19.8 Å². The van der Waals surface area contributed by atoms with E-state index in [1.54, 1.807) is 0 Å². The first kappa shape index (κ1) is 17.3. The molecule has 3 aromatic rings. The average molecular weight is 353 g/mol. The monoisotopic (exact) mass is 353 g/mol. The van der Waals surface area contributed by atoms with Crippen molar-refractivity contribution in [3.05, 3.63) is 109 Å². The summed E-state index contributed by atoms with van der Waals surface area (Å²) in [5.41, 5.74) is 6.36. The molecule has 1 aromatic heterocycles. The molecule has 0 saturated heterocycles. The molecule has 2 heterocycles. The van der Waals surface area contributed by atoms with Crippen LogP contribution < -0.4 is 9.47 Å². The first-order valence-corrected chi connectivity index (χ1v) is 9.53. The second kappa shape index (κ2) is 7.63. The van der Waals surface area contributed by atoms with E-state index in [1.807, 2.05) is 0 Å². The Labute approximate surface area is 161 Å². The zero-order chi connectivity index (χ0) is 18.6. The summed E-state index contributed by atoms with van der Waals surface area (Å²) in [6.45, 7) is 5.37. The molecule has 134 valence electrons. The van der Waals surface area contributed by atoms with Crippen molar-refractivity contribution in [1.82, 2.24) is 0 Å². The minimum atomic E-state index is 0.501. The summed E-state index contributed by atoms with van der Waals surface area (Å²) >= 11 is 0. The predicted molar refractivity (Wildman–Crippen MR) is 113 cm³/mol. The Balaban J connectivity index is 1.54. The van der Waals surface area contributed by atoms with Crippen molar-refractivity contribution >= 4 is 11.3 Å². The lowest BCUT2D eigenvalue weighted by Crippen LogP contribution is -2.31. The number of hydrogen-bond donors (Lipinski definition) is 0. The van der Waals surface area contributed by atoms with Crippen molar-refractivity contribution in [2.24, 2.45) is 0 Å². The number of rotatable bonds is 4. The normalized spacial score (nSPS) is 13.7. The van der Waals surface area contributed by atoms with Gasteiger partial charge in [-0.3, -0.25) is 0 Å². The van der Waals surface area contributed by atoms with Gasteiger partial charge in [-0.2, -0.15) is 4.57 Å². The van der Waals surface area contributed by atoms with Gasteiger partial charge in [0.2, 0.25) is 5.69 Å². The Morgan fingerprint density at radius 1 is 0.852 bits per heavy atom. The number of para-hydroxylation sites is 2. The van der Waals surface area contributed by atoms with Gasteiger partial charge in [-0.15, -0.1) is 0 Å². The number of allylic oxidation sites excluding steroid dienone is 2. The van der Waals surface area contributed by atoms with Crippen molar-refractivity contribution in [3.63, 3.8) is 0 Å². The first-order chi connectivity index (χ1) is 13.2. The summed E-state index contributed by atoms with van der Waals surface area (Å²) in [5, 5.41) is 0.